The van der Waals surface area contributed by atoms with Gasteiger partial charge in [-0.15, -0.1) is 0 Å². The van der Waals surface area contributed by atoms with Gasteiger partial charge in [-0.05, 0) is 79.8 Å². The number of methoxy groups -OCH3 is 1. The van der Waals surface area contributed by atoms with Gasteiger partial charge in [0.2, 0.25) is 5.91 Å². The van der Waals surface area contributed by atoms with E-state index in [1.165, 1.54) is 18.2 Å². The lowest BCUT2D eigenvalue weighted by molar-refractivity contribution is -0.125. The molecule has 8 heteroatoms. The fourth-order valence-corrected chi connectivity index (χ4v) is 5.19. The number of carbonyl (C=O) groups excluding carboxylic acids is 4. The number of Topliss-reactive ketones (excluding diaryl/α,β-unsaturated/α-hetero) is 3. The van der Waals surface area contributed by atoms with Gasteiger partial charge in [-0.1, -0.05) is 24.3 Å². The molecule has 3 rings (SSSR count). The zero-order chi connectivity index (χ0) is 30.0. The summed E-state index contributed by atoms with van der Waals surface area (Å²) in [6.45, 7) is 1.72. The van der Waals surface area contributed by atoms with E-state index in [0.29, 0.717) is 75.7 Å². The van der Waals surface area contributed by atoms with Crippen molar-refractivity contribution in [3.8, 4) is 5.75 Å². The van der Waals surface area contributed by atoms with Gasteiger partial charge in [-0.3, -0.25) is 19.2 Å². The highest BCUT2D eigenvalue weighted by Gasteiger charge is 2.20. The van der Waals surface area contributed by atoms with E-state index < -0.39 is 0 Å². The fraction of sp³-hybridized carbons (Fsp3) is 0.529. The molecule has 0 spiro atoms. The number of nitrogens with one attached hydrogen (secondary N) is 1. The number of amides is 1. The van der Waals surface area contributed by atoms with Crippen molar-refractivity contribution in [2.24, 2.45) is 5.92 Å². The van der Waals surface area contributed by atoms with Crippen LogP contribution >= 0.6 is 0 Å². The summed E-state index contributed by atoms with van der Waals surface area (Å²) in [6, 6.07) is 15.9. The van der Waals surface area contributed by atoms with Crippen LogP contribution in [0.2, 0.25) is 0 Å². The number of rotatable bonds is 20. The minimum absolute atomic E-state index is 0.00465. The van der Waals surface area contributed by atoms with Crippen LogP contribution in [-0.4, -0.2) is 63.3 Å². The minimum atomic E-state index is -0.181. The molecule has 42 heavy (non-hydrogen) atoms. The number of aryl methyl sites for hydroxylation is 1. The highest BCUT2D eigenvalue weighted by Crippen LogP contribution is 2.28. The van der Waals surface area contributed by atoms with Crippen LogP contribution in [0.4, 0.5) is 0 Å². The molecule has 2 aromatic rings. The minimum Gasteiger partial charge on any atom is -0.491 e. The third kappa shape index (κ3) is 12.7. The van der Waals surface area contributed by atoms with Crippen LogP contribution in [0, 0.1) is 5.92 Å². The number of fused-ring (bicyclic) bond motifs is 1. The number of benzene rings is 2. The van der Waals surface area contributed by atoms with Gasteiger partial charge < -0.3 is 19.5 Å². The second-order valence-electron chi connectivity index (χ2n) is 10.9. The summed E-state index contributed by atoms with van der Waals surface area (Å²) in [5.41, 5.74) is 3.52. The molecule has 0 fully saturated rings. The van der Waals surface area contributed by atoms with Gasteiger partial charge >= 0.3 is 0 Å². The van der Waals surface area contributed by atoms with Crippen LogP contribution in [0.5, 0.6) is 5.75 Å². The molecule has 0 radical (unpaired) electrons. The number of carbonyl (C=O) groups is 4. The Balaban J connectivity index is 1.20. The van der Waals surface area contributed by atoms with Crippen molar-refractivity contribution in [1.82, 2.24) is 5.32 Å². The fourth-order valence-electron chi connectivity index (χ4n) is 5.19. The summed E-state index contributed by atoms with van der Waals surface area (Å²) in [6.07, 6.45) is 7.06. The van der Waals surface area contributed by atoms with Crippen molar-refractivity contribution >= 4 is 23.3 Å². The van der Waals surface area contributed by atoms with Crippen LogP contribution < -0.4 is 10.1 Å². The maximum absolute atomic E-state index is 12.9. The average molecular weight is 580 g/mol. The van der Waals surface area contributed by atoms with E-state index in [1.54, 1.807) is 0 Å². The molecular formula is C34H45NO7. The van der Waals surface area contributed by atoms with Gasteiger partial charge in [0.1, 0.15) is 24.7 Å². The van der Waals surface area contributed by atoms with E-state index in [9.17, 15) is 19.2 Å². The first kappa shape index (κ1) is 33.1. The molecule has 1 aliphatic rings. The predicted molar refractivity (Wildman–Crippen MR) is 161 cm³/mol. The molecule has 0 aliphatic heterocycles. The van der Waals surface area contributed by atoms with Crippen LogP contribution in [-0.2, 0) is 36.7 Å². The normalized spacial score (nSPS) is 14.5. The zero-order valence-corrected chi connectivity index (χ0v) is 24.9. The summed E-state index contributed by atoms with van der Waals surface area (Å²) >= 11 is 0. The second-order valence-corrected chi connectivity index (χ2v) is 10.9. The monoisotopic (exact) mass is 579 g/mol. The van der Waals surface area contributed by atoms with Crippen molar-refractivity contribution in [3.05, 3.63) is 65.2 Å². The highest BCUT2D eigenvalue weighted by atomic mass is 16.5. The van der Waals surface area contributed by atoms with Crippen LogP contribution in [0.15, 0.2) is 48.5 Å². The highest BCUT2D eigenvalue weighted by molar-refractivity contribution is 5.96. The summed E-state index contributed by atoms with van der Waals surface area (Å²) in [7, 11) is 1.47. The van der Waals surface area contributed by atoms with Gasteiger partial charge in [0, 0.05) is 57.9 Å². The molecule has 1 atom stereocenters. The van der Waals surface area contributed by atoms with Crippen LogP contribution in [0.1, 0.15) is 79.3 Å². The third-order valence-corrected chi connectivity index (χ3v) is 7.47. The standard InChI is InChI=1S/C34H45NO7/c1-40-25-31(37)11-5-19-35-34(39)18-15-30(36)12-6-20-41-21-22-42-32-16-13-28(14-17-32)33(38)24-26-7-4-10-27-8-2-3-9-29(27)23-26/h2-3,8-9,13-14,16-17,26H,4-7,10-12,15,18-25H2,1H3,(H,35,39)/t26-/m0/s1. The Labute approximate surface area is 249 Å². The third-order valence-electron chi connectivity index (χ3n) is 7.47. The smallest absolute Gasteiger partial charge is 0.220 e. The molecule has 0 bridgehead atoms. The largest absolute Gasteiger partial charge is 0.491 e. The summed E-state index contributed by atoms with van der Waals surface area (Å²) in [5.74, 6) is 1.09. The summed E-state index contributed by atoms with van der Waals surface area (Å²) in [5, 5.41) is 2.73. The van der Waals surface area contributed by atoms with E-state index in [4.69, 9.17) is 14.2 Å². The number of ether oxygens (including phenoxy) is 3. The molecule has 0 saturated heterocycles. The van der Waals surface area contributed by atoms with Crippen molar-refractivity contribution < 1.29 is 33.4 Å². The molecule has 0 heterocycles. The Morgan fingerprint density at radius 3 is 2.38 bits per heavy atom. The zero-order valence-electron chi connectivity index (χ0n) is 24.9. The van der Waals surface area contributed by atoms with Crippen molar-refractivity contribution in [2.45, 2.75) is 70.6 Å². The van der Waals surface area contributed by atoms with Crippen molar-refractivity contribution in [2.75, 3.05) is 40.1 Å². The molecule has 0 unspecified atom stereocenters. The van der Waals surface area contributed by atoms with Gasteiger partial charge in [0.25, 0.3) is 0 Å². The number of ketones is 3. The molecule has 1 amide bonds. The lowest BCUT2D eigenvalue weighted by Crippen LogP contribution is -2.25. The molecular weight excluding hydrogens is 534 g/mol. The van der Waals surface area contributed by atoms with Gasteiger partial charge in [0.05, 0.1) is 6.61 Å². The average Bonchev–Trinajstić information content (AvgIpc) is 3.20. The van der Waals surface area contributed by atoms with Gasteiger partial charge in [-0.25, -0.2) is 0 Å². The molecule has 1 aliphatic carbocycles. The summed E-state index contributed by atoms with van der Waals surface area (Å²) in [4.78, 5) is 48.1. The molecule has 2 aromatic carbocycles. The number of hydrogen-bond donors (Lipinski definition) is 1. The molecule has 228 valence electrons. The Kier molecular flexibility index (Phi) is 15.0. The van der Waals surface area contributed by atoms with Gasteiger partial charge in [-0.2, -0.15) is 0 Å². The van der Waals surface area contributed by atoms with E-state index in [-0.39, 0.29) is 42.7 Å². The predicted octanol–water partition coefficient (Wildman–Crippen LogP) is 5.09. The maximum atomic E-state index is 12.9. The van der Waals surface area contributed by atoms with Crippen LogP contribution in [0.3, 0.4) is 0 Å². The Morgan fingerprint density at radius 1 is 0.833 bits per heavy atom. The topological polar surface area (TPSA) is 108 Å². The first-order valence-electron chi connectivity index (χ1n) is 15.1. The van der Waals surface area contributed by atoms with E-state index >= 15 is 0 Å². The Morgan fingerprint density at radius 2 is 1.60 bits per heavy atom. The van der Waals surface area contributed by atoms with Crippen molar-refractivity contribution in [1.29, 1.82) is 0 Å². The van der Waals surface area contributed by atoms with E-state index in [0.717, 1.165) is 25.7 Å². The summed E-state index contributed by atoms with van der Waals surface area (Å²) < 4.78 is 16.1. The first-order chi connectivity index (χ1) is 20.4. The lowest BCUT2D eigenvalue weighted by atomic mass is 9.90. The quantitative estimate of drug-likeness (QED) is 0.132. The molecule has 0 aromatic heterocycles. The first-order valence-corrected chi connectivity index (χ1v) is 15.1. The van der Waals surface area contributed by atoms with Crippen LogP contribution in [0.25, 0.3) is 0 Å². The molecule has 8 nitrogen and oxygen atoms in total. The Bertz CT molecular complexity index is 1140. The maximum Gasteiger partial charge on any atom is 0.220 e. The number of hydrogen-bond acceptors (Lipinski definition) is 7. The van der Waals surface area contributed by atoms with Gasteiger partial charge in [0.15, 0.2) is 11.6 Å². The van der Waals surface area contributed by atoms with E-state index in [2.05, 4.69) is 29.6 Å². The molecule has 0 saturated carbocycles. The molecule has 1 N–H and O–H groups in total. The van der Waals surface area contributed by atoms with E-state index in [1.807, 2.05) is 24.3 Å². The Hall–Kier alpha value is -3.36. The lowest BCUT2D eigenvalue weighted by Gasteiger charge is -2.14. The van der Waals surface area contributed by atoms with Crippen molar-refractivity contribution in [3.63, 3.8) is 0 Å². The second kappa shape index (κ2) is 18.9. The SMILES string of the molecule is COCC(=O)CCCNC(=O)CCC(=O)CCCOCCOc1ccc(C(=O)C[C@H]2CCCc3ccccc3C2)cc1.